The van der Waals surface area contributed by atoms with Crippen LogP contribution in [0.4, 0.5) is 0 Å². The summed E-state index contributed by atoms with van der Waals surface area (Å²) >= 11 is 6.26. The predicted octanol–water partition coefficient (Wildman–Crippen LogP) is 2.25. The molecule has 1 aliphatic rings. The second-order valence-electron chi connectivity index (χ2n) is 5.24. The molecule has 0 spiro atoms. The molecule has 1 heterocycles. The van der Waals surface area contributed by atoms with Crippen LogP contribution in [0.25, 0.3) is 0 Å². The van der Waals surface area contributed by atoms with Crippen molar-refractivity contribution in [3.8, 4) is 11.5 Å². The summed E-state index contributed by atoms with van der Waals surface area (Å²) < 4.78 is 16.4. The number of guanidine groups is 1. The maximum atomic E-state index is 6.26. The van der Waals surface area contributed by atoms with Gasteiger partial charge in [0, 0.05) is 19.7 Å². The van der Waals surface area contributed by atoms with Crippen LogP contribution in [-0.2, 0) is 11.2 Å². The molecule has 1 aromatic carbocycles. The van der Waals surface area contributed by atoms with Gasteiger partial charge in [-0.25, -0.2) is 0 Å². The third-order valence-corrected chi connectivity index (χ3v) is 3.70. The first-order valence-corrected chi connectivity index (χ1v) is 8.80. The van der Waals surface area contributed by atoms with Gasteiger partial charge < -0.3 is 24.8 Å². The van der Waals surface area contributed by atoms with Gasteiger partial charge in [-0.2, -0.15) is 0 Å². The zero-order chi connectivity index (χ0) is 17.2. The number of rotatable bonds is 8. The van der Waals surface area contributed by atoms with Crippen LogP contribution in [0.1, 0.15) is 19.4 Å². The molecule has 0 radical (unpaired) electrons. The van der Waals surface area contributed by atoms with Gasteiger partial charge in [0.05, 0.1) is 18.2 Å². The van der Waals surface area contributed by atoms with Gasteiger partial charge in [0.2, 0.25) is 0 Å². The Morgan fingerprint density at radius 1 is 1.25 bits per heavy atom. The van der Waals surface area contributed by atoms with Crippen LogP contribution in [-0.4, -0.2) is 52.0 Å². The van der Waals surface area contributed by atoms with Crippen LogP contribution in [0.2, 0.25) is 5.02 Å². The molecule has 0 aromatic heterocycles. The van der Waals surface area contributed by atoms with E-state index in [9.17, 15) is 0 Å². The Balaban J connectivity index is 1.86. The van der Waals surface area contributed by atoms with Crippen molar-refractivity contribution in [2.24, 2.45) is 4.99 Å². The number of ether oxygens (including phenoxy) is 3. The van der Waals surface area contributed by atoms with Crippen molar-refractivity contribution >= 4 is 17.6 Å². The minimum absolute atomic E-state index is 0.540. The fourth-order valence-corrected chi connectivity index (χ4v) is 2.63. The summed E-state index contributed by atoms with van der Waals surface area (Å²) in [6.45, 7) is 8.66. The van der Waals surface area contributed by atoms with E-state index in [0.29, 0.717) is 43.7 Å². The van der Waals surface area contributed by atoms with Crippen molar-refractivity contribution < 1.29 is 14.2 Å². The Bertz CT molecular complexity index is 552. The van der Waals surface area contributed by atoms with Crippen molar-refractivity contribution in [2.45, 2.75) is 20.3 Å². The molecule has 0 amide bonds. The standard InChI is InChI=1S/C17H26ClN3O3/c1-3-19-17(21-7-8-22-4-2)20-6-5-13-11-14(18)16-15(12-13)23-9-10-24-16/h11-12H,3-10H2,1-2H3,(H2,19,20,21). The van der Waals surface area contributed by atoms with Crippen molar-refractivity contribution in [3.05, 3.63) is 22.7 Å². The maximum absolute atomic E-state index is 6.26. The molecular weight excluding hydrogens is 330 g/mol. The molecular formula is C17H26ClN3O3. The van der Waals surface area contributed by atoms with Crippen LogP contribution in [0.3, 0.4) is 0 Å². The summed E-state index contributed by atoms with van der Waals surface area (Å²) in [7, 11) is 0. The van der Waals surface area contributed by atoms with Gasteiger partial charge in [0.15, 0.2) is 17.5 Å². The summed E-state index contributed by atoms with van der Waals surface area (Å²) in [6, 6.07) is 3.91. The summed E-state index contributed by atoms with van der Waals surface area (Å²) in [6.07, 6.45) is 0.812. The number of benzene rings is 1. The van der Waals surface area contributed by atoms with E-state index < -0.39 is 0 Å². The fraction of sp³-hybridized carbons (Fsp3) is 0.588. The van der Waals surface area contributed by atoms with Gasteiger partial charge in [-0.15, -0.1) is 0 Å². The topological polar surface area (TPSA) is 64.1 Å². The third kappa shape index (κ3) is 5.76. The number of aliphatic imine (C=N–C) groups is 1. The van der Waals surface area contributed by atoms with Crippen molar-refractivity contribution in [2.75, 3.05) is 46.1 Å². The lowest BCUT2D eigenvalue weighted by atomic mass is 10.1. The largest absolute Gasteiger partial charge is 0.486 e. The molecule has 0 atom stereocenters. The summed E-state index contributed by atoms with van der Waals surface area (Å²) in [4.78, 5) is 4.47. The highest BCUT2D eigenvalue weighted by molar-refractivity contribution is 6.32. The van der Waals surface area contributed by atoms with E-state index >= 15 is 0 Å². The normalized spacial score (nSPS) is 13.7. The number of fused-ring (bicyclic) bond motifs is 1. The van der Waals surface area contributed by atoms with Crippen LogP contribution < -0.4 is 20.1 Å². The molecule has 0 bridgehead atoms. The number of hydrogen-bond acceptors (Lipinski definition) is 4. The molecule has 7 heteroatoms. The van der Waals surface area contributed by atoms with Gasteiger partial charge in [-0.1, -0.05) is 11.6 Å². The summed E-state index contributed by atoms with van der Waals surface area (Å²) in [5, 5.41) is 7.13. The highest BCUT2D eigenvalue weighted by Gasteiger charge is 2.16. The Morgan fingerprint density at radius 2 is 2.08 bits per heavy atom. The molecule has 6 nitrogen and oxygen atoms in total. The number of hydrogen-bond donors (Lipinski definition) is 2. The Kier molecular flexibility index (Phi) is 7.98. The molecule has 2 rings (SSSR count). The van der Waals surface area contributed by atoms with Crippen molar-refractivity contribution in [1.82, 2.24) is 10.6 Å². The van der Waals surface area contributed by atoms with Crippen molar-refractivity contribution in [1.29, 1.82) is 0 Å². The average Bonchev–Trinajstić information content (AvgIpc) is 2.59. The quantitative estimate of drug-likeness (QED) is 0.425. The second-order valence-corrected chi connectivity index (χ2v) is 5.64. The second kappa shape index (κ2) is 10.3. The SMILES string of the molecule is CCNC(=NCCOCC)NCCc1cc(Cl)c2c(c1)OCCO2. The minimum Gasteiger partial charge on any atom is -0.486 e. The zero-order valence-electron chi connectivity index (χ0n) is 14.4. The number of halogens is 1. The molecule has 0 aliphatic carbocycles. The first-order chi connectivity index (χ1) is 11.7. The van der Waals surface area contributed by atoms with E-state index in [1.165, 1.54) is 0 Å². The van der Waals surface area contributed by atoms with Gasteiger partial charge in [0.25, 0.3) is 0 Å². The van der Waals surface area contributed by atoms with Gasteiger partial charge in [-0.05, 0) is 38.0 Å². The Morgan fingerprint density at radius 3 is 2.88 bits per heavy atom. The predicted molar refractivity (Wildman–Crippen MR) is 96.6 cm³/mol. The van der Waals surface area contributed by atoms with Crippen molar-refractivity contribution in [3.63, 3.8) is 0 Å². The Hall–Kier alpha value is -1.66. The van der Waals surface area contributed by atoms with E-state index in [1.807, 2.05) is 26.0 Å². The lowest BCUT2D eigenvalue weighted by Crippen LogP contribution is -2.38. The minimum atomic E-state index is 0.540. The summed E-state index contributed by atoms with van der Waals surface area (Å²) in [5.74, 6) is 2.16. The fourth-order valence-electron chi connectivity index (χ4n) is 2.34. The highest BCUT2D eigenvalue weighted by Crippen LogP contribution is 2.38. The lowest BCUT2D eigenvalue weighted by Gasteiger charge is -2.20. The van der Waals surface area contributed by atoms with Gasteiger partial charge in [0.1, 0.15) is 13.2 Å². The number of nitrogens with zero attached hydrogens (tertiary/aromatic N) is 1. The molecule has 0 fully saturated rings. The van der Waals surface area contributed by atoms with Crippen LogP contribution in [0, 0.1) is 0 Å². The molecule has 1 aliphatic heterocycles. The van der Waals surface area contributed by atoms with Crippen LogP contribution in [0.5, 0.6) is 11.5 Å². The zero-order valence-corrected chi connectivity index (χ0v) is 15.1. The monoisotopic (exact) mass is 355 g/mol. The van der Waals surface area contributed by atoms with E-state index in [1.54, 1.807) is 0 Å². The third-order valence-electron chi connectivity index (χ3n) is 3.42. The van der Waals surface area contributed by atoms with E-state index in [4.69, 9.17) is 25.8 Å². The molecule has 24 heavy (non-hydrogen) atoms. The smallest absolute Gasteiger partial charge is 0.191 e. The molecule has 2 N–H and O–H groups in total. The van der Waals surface area contributed by atoms with Gasteiger partial charge in [-0.3, -0.25) is 4.99 Å². The Labute approximate surface area is 148 Å². The van der Waals surface area contributed by atoms with E-state index in [0.717, 1.165) is 36.8 Å². The maximum Gasteiger partial charge on any atom is 0.191 e. The van der Waals surface area contributed by atoms with Crippen LogP contribution in [0.15, 0.2) is 17.1 Å². The van der Waals surface area contributed by atoms with Crippen LogP contribution >= 0.6 is 11.6 Å². The average molecular weight is 356 g/mol. The highest BCUT2D eigenvalue weighted by atomic mass is 35.5. The first kappa shape index (κ1) is 18.7. The lowest BCUT2D eigenvalue weighted by molar-refractivity contribution is 0.155. The van der Waals surface area contributed by atoms with E-state index in [-0.39, 0.29) is 0 Å². The van der Waals surface area contributed by atoms with Gasteiger partial charge >= 0.3 is 0 Å². The summed E-state index contributed by atoms with van der Waals surface area (Å²) in [5.41, 5.74) is 1.10. The molecule has 0 saturated heterocycles. The molecule has 0 unspecified atom stereocenters. The van der Waals surface area contributed by atoms with E-state index in [2.05, 4.69) is 15.6 Å². The molecule has 134 valence electrons. The number of nitrogens with one attached hydrogen (secondary N) is 2. The molecule has 1 aromatic rings. The first-order valence-electron chi connectivity index (χ1n) is 8.42. The molecule has 0 saturated carbocycles.